The number of aliphatic hydroxyl groups is 2. The largest absolute Gasteiger partial charge is 0.481 e. The molecule has 0 aromatic carbocycles. The molecule has 3 unspecified atom stereocenters. The number of aliphatic hydroxyl groups excluding tert-OH is 2. The minimum atomic E-state index is -5.57. The van der Waals surface area contributed by atoms with Crippen molar-refractivity contribution < 1.29 is 80.5 Å². The number of carbonyl (C=O) groups excluding carboxylic acids is 3. The van der Waals surface area contributed by atoms with E-state index in [1.165, 1.54) is 78.1 Å². The van der Waals surface area contributed by atoms with Gasteiger partial charge in [0.25, 0.3) is 0 Å². The first-order valence-corrected chi connectivity index (χ1v) is 27.1. The number of phosphoric ester groups is 3. The Morgan fingerprint density at radius 1 is 0.853 bits per heavy atom. The van der Waals surface area contributed by atoms with Crippen molar-refractivity contribution in [2.24, 2.45) is 5.41 Å². The number of rotatable bonds is 33. The van der Waals surface area contributed by atoms with Crippen molar-refractivity contribution in [3.8, 4) is 0 Å². The van der Waals surface area contributed by atoms with Gasteiger partial charge in [0.05, 0.1) is 19.5 Å². The highest BCUT2D eigenvalue weighted by Crippen LogP contribution is 2.61. The molecule has 0 bridgehead atoms. The molecule has 3 rings (SSSR count). The Labute approximate surface area is 400 Å². The average Bonchev–Trinajstić information content (AvgIpc) is 3.79. The molecule has 2 aromatic heterocycles. The molecular formula is C37H75N10O17P3S. The quantitative estimate of drug-likeness (QED) is 0.0342. The number of anilines is 1. The van der Waals surface area contributed by atoms with Crippen molar-refractivity contribution >= 4 is 69.1 Å². The standard InChI is InChI=1S/C37H66N7O17P3S.3H3N/c1-4-5-6-7-8-9-10-11-12-13-14-15-16-17-28(46)65-21-20-39-27(45)18-19-40-35(49)32(48)37(2,3)23-58-64(55,56)61-63(53,54)57-22-26-31(60-62(50,51)52)30(47)36(59-26)44-25-43-29-33(38)41-24-42-34(29)44;;;/h24-26,30-32,36,47-48H,4-23H2,1-3H3,(H,39,45)(H,40,49)(H,53,54)(H,55,56)(H2,38,41,42)(H2,50,51,52);3*1H3/t26-,30?,31+,32+,36-;;;/m1.../s1. The lowest BCUT2D eigenvalue weighted by atomic mass is 9.87. The van der Waals surface area contributed by atoms with Crippen LogP contribution in [-0.2, 0) is 50.7 Å². The van der Waals surface area contributed by atoms with E-state index in [9.17, 15) is 57.9 Å². The number of nitrogens with two attached hydrogens (primary N) is 1. The Balaban J connectivity index is 0.0000150. The van der Waals surface area contributed by atoms with Gasteiger partial charge in [-0.2, -0.15) is 4.31 Å². The van der Waals surface area contributed by atoms with Gasteiger partial charge in [0.15, 0.2) is 22.8 Å². The number of nitrogens with zero attached hydrogens (tertiary/aromatic N) is 4. The van der Waals surface area contributed by atoms with Gasteiger partial charge < -0.3 is 69.3 Å². The van der Waals surface area contributed by atoms with Crippen molar-refractivity contribution in [3.05, 3.63) is 12.7 Å². The second kappa shape index (κ2) is 31.7. The summed E-state index contributed by atoms with van der Waals surface area (Å²) in [4.78, 5) is 88.3. The normalized spacial score (nSPS) is 19.4. The Hall–Kier alpha value is -2.56. The summed E-state index contributed by atoms with van der Waals surface area (Å²) in [6.45, 7) is 2.81. The number of aromatic nitrogens is 4. The molecule has 0 saturated carbocycles. The topological polar surface area (TPSA) is 469 Å². The minimum Gasteiger partial charge on any atom is -0.386 e. The molecule has 1 aliphatic heterocycles. The van der Waals surface area contributed by atoms with Crippen molar-refractivity contribution in [2.75, 3.05) is 37.8 Å². The molecule has 2 aromatic rings. The van der Waals surface area contributed by atoms with E-state index < -0.39 is 84.6 Å². The van der Waals surface area contributed by atoms with Gasteiger partial charge in [-0.1, -0.05) is 110 Å². The number of carbonyl (C=O) groups is 3. The van der Waals surface area contributed by atoms with Crippen LogP contribution in [0.4, 0.5) is 5.82 Å². The summed E-state index contributed by atoms with van der Waals surface area (Å²) in [5, 5.41) is 26.6. The van der Waals surface area contributed by atoms with Gasteiger partial charge in [-0.25, -0.2) is 28.6 Å². The van der Waals surface area contributed by atoms with E-state index in [4.69, 9.17) is 19.5 Å². The lowest BCUT2D eigenvalue weighted by Crippen LogP contribution is -2.46. The van der Waals surface area contributed by atoms with E-state index in [0.29, 0.717) is 12.2 Å². The fourth-order valence-electron chi connectivity index (χ4n) is 6.65. The number of nitrogen functional groups attached to an aromatic ring is 1. The maximum Gasteiger partial charge on any atom is 0.481 e. The number of hydrogen-bond donors (Lipinski definition) is 12. The number of ether oxygens (including phenoxy) is 1. The number of imidazole rings is 1. The van der Waals surface area contributed by atoms with E-state index in [1.54, 1.807) is 0 Å². The van der Waals surface area contributed by atoms with Crippen molar-refractivity contribution in [3.63, 3.8) is 0 Å². The lowest BCUT2D eigenvalue weighted by molar-refractivity contribution is -0.137. The number of phosphoric acid groups is 3. The summed E-state index contributed by atoms with van der Waals surface area (Å²) in [6.07, 6.45) is 9.53. The third kappa shape index (κ3) is 23.6. The molecule has 7 atom stereocenters. The number of thioether (sulfide) groups is 1. The number of nitrogens with one attached hydrogen (secondary N) is 2. The summed E-state index contributed by atoms with van der Waals surface area (Å²) >= 11 is 1.15. The van der Waals surface area contributed by atoms with Gasteiger partial charge in [-0.3, -0.25) is 32.5 Å². The second-order valence-electron chi connectivity index (χ2n) is 16.3. The summed E-state index contributed by atoms with van der Waals surface area (Å²) in [5.41, 5.74) is 4.29. The summed E-state index contributed by atoms with van der Waals surface area (Å²) in [7, 11) is -16.4. The number of hydrogen-bond acceptors (Lipinski definition) is 21. The smallest absolute Gasteiger partial charge is 0.386 e. The van der Waals surface area contributed by atoms with Gasteiger partial charge in [0.2, 0.25) is 11.8 Å². The van der Waals surface area contributed by atoms with Gasteiger partial charge >= 0.3 is 23.5 Å². The maximum atomic E-state index is 12.7. The first kappa shape index (κ1) is 65.4. The first-order valence-electron chi connectivity index (χ1n) is 21.6. The van der Waals surface area contributed by atoms with Crippen LogP contribution in [0.25, 0.3) is 11.2 Å². The average molecular weight is 1060 g/mol. The molecule has 396 valence electrons. The van der Waals surface area contributed by atoms with Crippen LogP contribution in [0.3, 0.4) is 0 Å². The van der Waals surface area contributed by atoms with Crippen LogP contribution in [0.1, 0.15) is 123 Å². The monoisotopic (exact) mass is 1060 g/mol. The van der Waals surface area contributed by atoms with Gasteiger partial charge in [0.1, 0.15) is 36.3 Å². The third-order valence-corrected chi connectivity index (χ3v) is 14.3. The zero-order valence-electron chi connectivity index (χ0n) is 39.1. The molecular weight excluding hydrogens is 981 g/mol. The number of fused-ring (bicyclic) bond motifs is 1. The zero-order chi connectivity index (χ0) is 48.3. The molecule has 27 nitrogen and oxygen atoms in total. The van der Waals surface area contributed by atoms with Crippen LogP contribution in [0.2, 0.25) is 0 Å². The fraction of sp³-hybridized carbons (Fsp3) is 0.784. The second-order valence-corrected chi connectivity index (χ2v) is 21.7. The Kier molecular flexibility index (Phi) is 30.5. The van der Waals surface area contributed by atoms with Gasteiger partial charge in [0, 0.05) is 37.1 Å². The zero-order valence-corrected chi connectivity index (χ0v) is 42.6. The van der Waals surface area contributed by atoms with E-state index in [2.05, 4.69) is 41.3 Å². The molecule has 19 N–H and O–H groups in total. The maximum absolute atomic E-state index is 12.7. The molecule has 1 fully saturated rings. The summed E-state index contributed by atoms with van der Waals surface area (Å²) < 4.78 is 62.4. The highest BCUT2D eigenvalue weighted by atomic mass is 32.2. The highest BCUT2D eigenvalue weighted by molar-refractivity contribution is 8.13. The van der Waals surface area contributed by atoms with Crippen molar-refractivity contribution in [2.45, 2.75) is 148 Å². The SMILES string of the molecule is CCCCCCCCCCCCCCCC(=O)SCCNC(=O)CCNC(=O)[C@H](O)C(C)(C)COP(=O)(O)OP(=O)(O)OC[C@H]1O[C@@H](n2cnc3c(N)ncnc32)C(O)[C@H]1OP(=O)(O)O.N.N.N. The predicted octanol–water partition coefficient (Wildman–Crippen LogP) is 4.63. The Bertz CT molecular complexity index is 1970. The summed E-state index contributed by atoms with van der Waals surface area (Å²) in [6, 6.07) is 0. The Morgan fingerprint density at radius 3 is 2.01 bits per heavy atom. The summed E-state index contributed by atoms with van der Waals surface area (Å²) in [5.74, 6) is -1.02. The third-order valence-electron chi connectivity index (χ3n) is 10.2. The molecule has 1 aliphatic rings. The van der Waals surface area contributed by atoms with Crippen LogP contribution in [-0.4, -0.2) is 123 Å². The van der Waals surface area contributed by atoms with Gasteiger partial charge in [-0.15, -0.1) is 0 Å². The highest BCUT2D eigenvalue weighted by Gasteiger charge is 2.50. The molecule has 0 radical (unpaired) electrons. The number of amides is 2. The first-order chi connectivity index (χ1) is 30.6. The molecule has 0 spiro atoms. The van der Waals surface area contributed by atoms with Crippen molar-refractivity contribution in [1.82, 2.24) is 48.6 Å². The minimum absolute atomic E-state index is 0. The molecule has 1 saturated heterocycles. The molecule has 2 amide bonds. The van der Waals surface area contributed by atoms with Crippen LogP contribution in [0, 0.1) is 5.41 Å². The van der Waals surface area contributed by atoms with E-state index >= 15 is 0 Å². The van der Waals surface area contributed by atoms with Gasteiger partial charge in [-0.05, 0) is 6.42 Å². The van der Waals surface area contributed by atoms with Crippen LogP contribution < -0.4 is 34.8 Å². The predicted molar refractivity (Wildman–Crippen MR) is 252 cm³/mol. The fourth-order valence-corrected chi connectivity index (χ4v) is 10.2. The van der Waals surface area contributed by atoms with E-state index in [0.717, 1.165) is 48.2 Å². The number of unbranched alkanes of at least 4 members (excludes halogenated alkanes) is 12. The van der Waals surface area contributed by atoms with Crippen LogP contribution >= 0.6 is 35.2 Å². The Morgan fingerprint density at radius 2 is 1.43 bits per heavy atom. The molecule has 0 aliphatic carbocycles. The van der Waals surface area contributed by atoms with Crippen molar-refractivity contribution in [1.29, 1.82) is 0 Å². The van der Waals surface area contributed by atoms with E-state index in [1.807, 2.05) is 0 Å². The lowest BCUT2D eigenvalue weighted by Gasteiger charge is -2.30. The van der Waals surface area contributed by atoms with Crippen LogP contribution in [0.15, 0.2) is 12.7 Å². The molecule has 3 heterocycles. The van der Waals surface area contributed by atoms with Crippen LogP contribution in [0.5, 0.6) is 0 Å². The molecule has 68 heavy (non-hydrogen) atoms. The molecule has 31 heteroatoms. The van der Waals surface area contributed by atoms with E-state index in [-0.39, 0.29) is 60.1 Å².